The Labute approximate surface area is 180 Å². The average molecular weight is 409 g/mol. The summed E-state index contributed by atoms with van der Waals surface area (Å²) in [5.41, 5.74) is 2.98. The average Bonchev–Trinajstić information content (AvgIpc) is 3.47. The van der Waals surface area contributed by atoms with E-state index in [1.807, 2.05) is 59.4 Å². The van der Waals surface area contributed by atoms with Gasteiger partial charge in [0, 0.05) is 23.1 Å². The zero-order valence-electron chi connectivity index (χ0n) is 17.4. The Kier molecular flexibility index (Phi) is 4.72. The molecule has 154 valence electrons. The van der Waals surface area contributed by atoms with Crippen LogP contribution in [0, 0.1) is 11.8 Å². The third-order valence-electron chi connectivity index (χ3n) is 6.03. The normalized spacial score (nSPS) is 14.3. The predicted molar refractivity (Wildman–Crippen MR) is 121 cm³/mol. The fourth-order valence-corrected chi connectivity index (χ4v) is 4.03. The number of aliphatic hydroxyl groups excluding tert-OH is 1. The fraction of sp³-hybridized carbons (Fsp3) is 0.231. The maximum Gasteiger partial charge on any atom is 0.264 e. The summed E-state index contributed by atoms with van der Waals surface area (Å²) in [6, 6.07) is 17.6. The van der Waals surface area contributed by atoms with E-state index in [1.54, 1.807) is 10.8 Å². The molecule has 0 atom stereocenters. The molecule has 4 aromatic rings. The maximum absolute atomic E-state index is 13.6. The first-order chi connectivity index (χ1) is 15.1. The van der Waals surface area contributed by atoms with Crippen LogP contribution in [0.15, 0.2) is 71.8 Å². The van der Waals surface area contributed by atoms with Gasteiger partial charge < -0.3 is 5.11 Å². The van der Waals surface area contributed by atoms with E-state index < -0.39 is 0 Å². The smallest absolute Gasteiger partial charge is 0.264 e. The van der Waals surface area contributed by atoms with Crippen molar-refractivity contribution < 1.29 is 5.11 Å². The van der Waals surface area contributed by atoms with Gasteiger partial charge in [-0.25, -0.2) is 0 Å². The molecule has 1 aliphatic rings. The van der Waals surface area contributed by atoms with E-state index in [0.29, 0.717) is 10.9 Å². The number of para-hydroxylation sites is 1. The van der Waals surface area contributed by atoms with E-state index in [9.17, 15) is 9.90 Å². The van der Waals surface area contributed by atoms with Gasteiger partial charge in [-0.1, -0.05) is 49.1 Å². The van der Waals surface area contributed by atoms with Gasteiger partial charge in [0.15, 0.2) is 0 Å². The van der Waals surface area contributed by atoms with E-state index in [-0.39, 0.29) is 17.7 Å². The van der Waals surface area contributed by atoms with Gasteiger partial charge in [-0.3, -0.25) is 14.0 Å². The lowest BCUT2D eigenvalue weighted by molar-refractivity contribution is 0.202. The van der Waals surface area contributed by atoms with E-state index in [2.05, 4.69) is 29.9 Å². The Hall–Kier alpha value is -3.62. The standard InChI is InChI=1S/C26H23N3O2/c1-2-22-15-21-8-6-7-20(24(21)25(31)29(22)23-9-4-3-5-10-23)12-11-19-16-27-28(17-19)26(18-30)13-14-26/h3-10,15-17,30H,2,13-14,18H2,1H3. The highest BCUT2D eigenvalue weighted by Crippen LogP contribution is 2.42. The van der Waals surface area contributed by atoms with E-state index in [0.717, 1.165) is 41.6 Å². The minimum Gasteiger partial charge on any atom is -0.394 e. The highest BCUT2D eigenvalue weighted by atomic mass is 16.3. The monoisotopic (exact) mass is 409 g/mol. The first-order valence-electron chi connectivity index (χ1n) is 10.6. The number of hydrogen-bond acceptors (Lipinski definition) is 3. The molecule has 2 heterocycles. The van der Waals surface area contributed by atoms with Crippen LogP contribution in [0.2, 0.25) is 0 Å². The lowest BCUT2D eigenvalue weighted by atomic mass is 10.0. The van der Waals surface area contributed by atoms with E-state index in [1.165, 1.54) is 0 Å². The van der Waals surface area contributed by atoms with Gasteiger partial charge in [0.1, 0.15) is 0 Å². The van der Waals surface area contributed by atoms with Crippen molar-refractivity contribution in [2.45, 2.75) is 31.7 Å². The molecule has 1 aliphatic carbocycles. The SMILES string of the molecule is CCc1cc2cccc(C#Cc3cnn(C4(CO)CC4)c3)c2c(=O)n1-c1ccccc1. The summed E-state index contributed by atoms with van der Waals surface area (Å²) >= 11 is 0. The van der Waals surface area contributed by atoms with Crippen molar-refractivity contribution in [2.24, 2.45) is 0 Å². The molecule has 31 heavy (non-hydrogen) atoms. The van der Waals surface area contributed by atoms with Gasteiger partial charge in [-0.15, -0.1) is 0 Å². The predicted octanol–water partition coefficient (Wildman–Crippen LogP) is 3.63. The molecule has 0 aliphatic heterocycles. The van der Waals surface area contributed by atoms with Crippen molar-refractivity contribution >= 4 is 10.8 Å². The molecule has 0 spiro atoms. The van der Waals surface area contributed by atoms with Crippen molar-refractivity contribution in [2.75, 3.05) is 6.61 Å². The zero-order chi connectivity index (χ0) is 21.4. The molecule has 5 rings (SSSR count). The minimum atomic E-state index is -0.251. The molecule has 0 amide bonds. The molecule has 0 saturated heterocycles. The lowest BCUT2D eigenvalue weighted by Crippen LogP contribution is -2.22. The van der Waals surface area contributed by atoms with Crippen LogP contribution in [0.4, 0.5) is 0 Å². The molecule has 0 bridgehead atoms. The van der Waals surface area contributed by atoms with Crippen molar-refractivity contribution in [1.29, 1.82) is 0 Å². The fourth-order valence-electron chi connectivity index (χ4n) is 4.03. The van der Waals surface area contributed by atoms with E-state index >= 15 is 0 Å². The second-order valence-electron chi connectivity index (χ2n) is 8.04. The Morgan fingerprint density at radius 3 is 2.61 bits per heavy atom. The second-order valence-corrected chi connectivity index (χ2v) is 8.04. The van der Waals surface area contributed by atoms with Gasteiger partial charge in [0.25, 0.3) is 5.56 Å². The van der Waals surface area contributed by atoms with Gasteiger partial charge in [0.05, 0.1) is 29.3 Å². The zero-order valence-corrected chi connectivity index (χ0v) is 17.4. The minimum absolute atomic E-state index is 0.0571. The topological polar surface area (TPSA) is 60.0 Å². The Morgan fingerprint density at radius 2 is 1.90 bits per heavy atom. The largest absolute Gasteiger partial charge is 0.394 e. The van der Waals surface area contributed by atoms with Crippen LogP contribution in [-0.4, -0.2) is 26.1 Å². The third-order valence-corrected chi connectivity index (χ3v) is 6.03. The maximum atomic E-state index is 13.6. The Balaban J connectivity index is 1.63. The van der Waals surface area contributed by atoms with Crippen LogP contribution in [0.5, 0.6) is 0 Å². The molecule has 0 radical (unpaired) electrons. The molecule has 5 nitrogen and oxygen atoms in total. The Bertz CT molecular complexity index is 1380. The summed E-state index contributed by atoms with van der Waals surface area (Å²) in [7, 11) is 0. The number of aliphatic hydroxyl groups is 1. The van der Waals surface area contributed by atoms with Crippen LogP contribution in [0.25, 0.3) is 16.5 Å². The van der Waals surface area contributed by atoms with Crippen molar-refractivity contribution in [1.82, 2.24) is 14.3 Å². The molecule has 1 N–H and O–H groups in total. The van der Waals surface area contributed by atoms with Crippen LogP contribution in [0.1, 0.15) is 36.6 Å². The third kappa shape index (κ3) is 3.35. The number of hydrogen-bond donors (Lipinski definition) is 1. The van der Waals surface area contributed by atoms with Crippen LogP contribution in [-0.2, 0) is 12.0 Å². The molecule has 5 heteroatoms. The number of fused-ring (bicyclic) bond motifs is 1. The molecule has 1 fully saturated rings. The number of aryl methyl sites for hydroxylation is 1. The Morgan fingerprint density at radius 1 is 1.10 bits per heavy atom. The van der Waals surface area contributed by atoms with Gasteiger partial charge in [-0.05, 0) is 48.9 Å². The molecule has 2 aromatic carbocycles. The summed E-state index contributed by atoms with van der Waals surface area (Å²) in [6.45, 7) is 2.14. The first kappa shape index (κ1) is 19.3. The van der Waals surface area contributed by atoms with Crippen LogP contribution < -0.4 is 5.56 Å². The number of aromatic nitrogens is 3. The second kappa shape index (κ2) is 7.57. The summed E-state index contributed by atoms with van der Waals surface area (Å²) in [5.74, 6) is 6.33. The number of nitrogens with zero attached hydrogens (tertiary/aromatic N) is 3. The van der Waals surface area contributed by atoms with Crippen molar-refractivity contribution in [3.8, 4) is 17.5 Å². The summed E-state index contributed by atoms with van der Waals surface area (Å²) < 4.78 is 3.60. The quantitative estimate of drug-likeness (QED) is 0.524. The van der Waals surface area contributed by atoms with E-state index in [4.69, 9.17) is 0 Å². The summed E-state index contributed by atoms with van der Waals surface area (Å²) in [6.07, 6.45) is 6.20. The number of benzene rings is 2. The summed E-state index contributed by atoms with van der Waals surface area (Å²) in [4.78, 5) is 13.6. The highest BCUT2D eigenvalue weighted by Gasteiger charge is 2.44. The molecule has 0 unspecified atom stereocenters. The highest BCUT2D eigenvalue weighted by molar-refractivity contribution is 5.88. The molecular formula is C26H23N3O2. The lowest BCUT2D eigenvalue weighted by Gasteiger charge is -2.14. The number of pyridine rings is 1. The van der Waals surface area contributed by atoms with Crippen LogP contribution in [0.3, 0.4) is 0 Å². The van der Waals surface area contributed by atoms with Gasteiger partial charge in [-0.2, -0.15) is 5.10 Å². The van der Waals surface area contributed by atoms with Gasteiger partial charge >= 0.3 is 0 Å². The van der Waals surface area contributed by atoms with Crippen molar-refractivity contribution in [3.05, 3.63) is 94.2 Å². The molecule has 2 aromatic heterocycles. The number of rotatable bonds is 4. The van der Waals surface area contributed by atoms with Crippen molar-refractivity contribution in [3.63, 3.8) is 0 Å². The molecular weight excluding hydrogens is 386 g/mol. The van der Waals surface area contributed by atoms with Gasteiger partial charge in [0.2, 0.25) is 0 Å². The molecule has 1 saturated carbocycles. The summed E-state index contributed by atoms with van der Waals surface area (Å²) in [5, 5.41) is 15.5. The first-order valence-corrected chi connectivity index (χ1v) is 10.6. The van der Waals surface area contributed by atoms with Crippen LogP contribution >= 0.6 is 0 Å².